The maximum atomic E-state index is 10.9. The zero-order valence-corrected chi connectivity index (χ0v) is 10.5. The Morgan fingerprint density at radius 1 is 1.59 bits per heavy atom. The number of carboxylic acids is 1. The van der Waals surface area contributed by atoms with Crippen molar-refractivity contribution in [3.63, 3.8) is 0 Å². The van der Waals surface area contributed by atoms with Crippen LogP contribution in [0.15, 0.2) is 18.2 Å². The fraction of sp³-hybridized carbons (Fsp3) is 0.333. The van der Waals surface area contributed by atoms with Crippen LogP contribution in [0.3, 0.4) is 0 Å². The predicted octanol–water partition coefficient (Wildman–Crippen LogP) is 2.88. The van der Waals surface area contributed by atoms with E-state index in [4.69, 9.17) is 5.11 Å². The Balaban J connectivity index is 2.26. The Morgan fingerprint density at radius 2 is 2.35 bits per heavy atom. The number of carboxylic acid groups (broad SMARTS) is 1. The second-order valence-corrected chi connectivity index (χ2v) is 5.09. The van der Waals surface area contributed by atoms with Crippen molar-refractivity contribution in [3.8, 4) is 0 Å². The number of thiazole rings is 1. The quantitative estimate of drug-likeness (QED) is 0.875. The van der Waals surface area contributed by atoms with Crippen molar-refractivity contribution in [2.24, 2.45) is 0 Å². The first kappa shape index (κ1) is 11.9. The molecular formula is C12H14N2O2S. The number of hydrogen-bond donors (Lipinski definition) is 2. The Morgan fingerprint density at radius 3 is 3.00 bits per heavy atom. The molecule has 90 valence electrons. The molecule has 2 N–H and O–H groups in total. The molecule has 5 heteroatoms. The Hall–Kier alpha value is -1.62. The fourth-order valence-electron chi connectivity index (χ4n) is 1.67. The van der Waals surface area contributed by atoms with E-state index >= 15 is 0 Å². The molecule has 0 aliphatic carbocycles. The molecule has 2 aromatic rings. The lowest BCUT2D eigenvalue weighted by Gasteiger charge is -2.13. The van der Waals surface area contributed by atoms with Gasteiger partial charge in [-0.25, -0.2) is 9.78 Å². The van der Waals surface area contributed by atoms with Gasteiger partial charge in [-0.1, -0.05) is 6.92 Å². The molecule has 1 heterocycles. The van der Waals surface area contributed by atoms with Gasteiger partial charge in [0.25, 0.3) is 0 Å². The lowest BCUT2D eigenvalue weighted by molar-refractivity contribution is -0.137. The molecule has 17 heavy (non-hydrogen) atoms. The minimum atomic E-state index is -0.826. The van der Waals surface area contributed by atoms with Gasteiger partial charge in [-0.15, -0.1) is 11.3 Å². The number of anilines is 1. The number of rotatable bonds is 4. The van der Waals surface area contributed by atoms with Crippen LogP contribution in [0.5, 0.6) is 0 Å². The van der Waals surface area contributed by atoms with E-state index in [0.29, 0.717) is 6.42 Å². The summed E-state index contributed by atoms with van der Waals surface area (Å²) in [6.07, 6.45) is 0.551. The number of aliphatic carboxylic acids is 1. The van der Waals surface area contributed by atoms with Crippen LogP contribution in [0.2, 0.25) is 0 Å². The molecule has 1 aromatic carbocycles. The van der Waals surface area contributed by atoms with Crippen LogP contribution >= 0.6 is 11.3 Å². The number of aryl methyl sites for hydroxylation is 1. The van der Waals surface area contributed by atoms with Gasteiger partial charge in [-0.2, -0.15) is 0 Å². The minimum absolute atomic E-state index is 0.540. The van der Waals surface area contributed by atoms with E-state index in [-0.39, 0.29) is 0 Å². The summed E-state index contributed by atoms with van der Waals surface area (Å²) in [6, 6.07) is 5.19. The standard InChI is InChI=1S/C12H14N2O2S/c1-3-9(12(15)16)14-8-4-5-10-11(6-8)17-7(2)13-10/h4-6,9,14H,3H2,1-2H3,(H,15,16). The molecule has 0 spiro atoms. The first-order valence-corrected chi connectivity index (χ1v) is 6.28. The van der Waals surface area contributed by atoms with Gasteiger partial charge in [0.1, 0.15) is 6.04 Å². The van der Waals surface area contributed by atoms with Crippen molar-refractivity contribution < 1.29 is 9.90 Å². The molecule has 0 bridgehead atoms. The average Bonchev–Trinajstić information content (AvgIpc) is 2.64. The van der Waals surface area contributed by atoms with E-state index in [1.54, 1.807) is 11.3 Å². The summed E-state index contributed by atoms with van der Waals surface area (Å²) in [7, 11) is 0. The summed E-state index contributed by atoms with van der Waals surface area (Å²) in [5, 5.41) is 13.0. The third-order valence-electron chi connectivity index (χ3n) is 2.54. The number of aromatic nitrogens is 1. The van der Waals surface area contributed by atoms with Crippen molar-refractivity contribution in [2.75, 3.05) is 5.32 Å². The highest BCUT2D eigenvalue weighted by atomic mass is 32.1. The Kier molecular flexibility index (Phi) is 3.28. The molecule has 0 aliphatic rings. The second kappa shape index (κ2) is 4.71. The SMILES string of the molecule is CCC(Nc1ccc2nc(C)sc2c1)C(=O)O. The van der Waals surface area contributed by atoms with E-state index in [1.165, 1.54) is 0 Å². The van der Waals surface area contributed by atoms with E-state index in [0.717, 1.165) is 20.9 Å². The Bertz CT molecular complexity index is 550. The molecule has 0 amide bonds. The number of fused-ring (bicyclic) bond motifs is 1. The first-order valence-electron chi connectivity index (χ1n) is 5.46. The zero-order chi connectivity index (χ0) is 12.4. The van der Waals surface area contributed by atoms with Gasteiger partial charge in [0.15, 0.2) is 0 Å². The maximum absolute atomic E-state index is 10.9. The van der Waals surface area contributed by atoms with Crippen molar-refractivity contribution in [1.82, 2.24) is 4.98 Å². The molecular weight excluding hydrogens is 236 g/mol. The topological polar surface area (TPSA) is 62.2 Å². The first-order chi connectivity index (χ1) is 8.10. The van der Waals surface area contributed by atoms with Gasteiger partial charge in [0.2, 0.25) is 0 Å². The second-order valence-electron chi connectivity index (χ2n) is 3.86. The molecule has 0 radical (unpaired) electrons. The molecule has 1 unspecified atom stereocenters. The van der Waals surface area contributed by atoms with Crippen molar-refractivity contribution in [3.05, 3.63) is 23.2 Å². The number of nitrogens with zero attached hydrogens (tertiary/aromatic N) is 1. The summed E-state index contributed by atoms with van der Waals surface area (Å²) in [4.78, 5) is 15.3. The summed E-state index contributed by atoms with van der Waals surface area (Å²) in [5.41, 5.74) is 1.79. The highest BCUT2D eigenvalue weighted by molar-refractivity contribution is 7.18. The van der Waals surface area contributed by atoms with Gasteiger partial charge in [0.05, 0.1) is 15.2 Å². The van der Waals surface area contributed by atoms with E-state index < -0.39 is 12.0 Å². The van der Waals surface area contributed by atoms with E-state index in [2.05, 4.69) is 10.3 Å². The third kappa shape index (κ3) is 2.55. The van der Waals surface area contributed by atoms with Crippen LogP contribution in [0, 0.1) is 6.92 Å². The summed E-state index contributed by atoms with van der Waals surface area (Å²) in [5.74, 6) is -0.826. The van der Waals surface area contributed by atoms with Crippen LogP contribution < -0.4 is 5.32 Å². The molecule has 0 fully saturated rings. The monoisotopic (exact) mass is 250 g/mol. The average molecular weight is 250 g/mol. The van der Waals surface area contributed by atoms with E-state index in [1.807, 2.05) is 32.0 Å². The number of hydrogen-bond acceptors (Lipinski definition) is 4. The lowest BCUT2D eigenvalue weighted by atomic mass is 10.2. The van der Waals surface area contributed by atoms with Gasteiger partial charge >= 0.3 is 5.97 Å². The molecule has 1 atom stereocenters. The molecule has 4 nitrogen and oxygen atoms in total. The molecule has 1 aromatic heterocycles. The minimum Gasteiger partial charge on any atom is -0.480 e. The smallest absolute Gasteiger partial charge is 0.326 e. The van der Waals surface area contributed by atoms with E-state index in [9.17, 15) is 4.79 Å². The van der Waals surface area contributed by atoms with Crippen LogP contribution in [0.25, 0.3) is 10.2 Å². The van der Waals surface area contributed by atoms with Crippen LogP contribution in [-0.2, 0) is 4.79 Å². The molecule has 0 aliphatic heterocycles. The normalized spacial score (nSPS) is 12.6. The summed E-state index contributed by atoms with van der Waals surface area (Å²) >= 11 is 1.61. The molecule has 2 rings (SSSR count). The van der Waals surface area contributed by atoms with Gasteiger partial charge in [-0.3, -0.25) is 0 Å². The fourth-order valence-corrected chi connectivity index (χ4v) is 2.54. The molecule has 0 saturated carbocycles. The van der Waals surface area contributed by atoms with Crippen LogP contribution in [0.1, 0.15) is 18.4 Å². The summed E-state index contributed by atoms with van der Waals surface area (Å²) < 4.78 is 1.08. The van der Waals surface area contributed by atoms with Crippen molar-refractivity contribution in [2.45, 2.75) is 26.3 Å². The number of benzene rings is 1. The van der Waals surface area contributed by atoms with Crippen LogP contribution in [0.4, 0.5) is 5.69 Å². The molecule has 0 saturated heterocycles. The largest absolute Gasteiger partial charge is 0.480 e. The van der Waals surface area contributed by atoms with Gasteiger partial charge < -0.3 is 10.4 Å². The van der Waals surface area contributed by atoms with Crippen LogP contribution in [-0.4, -0.2) is 22.1 Å². The highest BCUT2D eigenvalue weighted by Crippen LogP contribution is 2.25. The van der Waals surface area contributed by atoms with Crippen molar-refractivity contribution >= 4 is 33.2 Å². The third-order valence-corrected chi connectivity index (χ3v) is 3.48. The maximum Gasteiger partial charge on any atom is 0.326 e. The zero-order valence-electron chi connectivity index (χ0n) is 9.73. The lowest BCUT2D eigenvalue weighted by Crippen LogP contribution is -2.28. The van der Waals surface area contributed by atoms with Gasteiger partial charge in [-0.05, 0) is 31.5 Å². The summed E-state index contributed by atoms with van der Waals surface area (Å²) in [6.45, 7) is 3.81. The predicted molar refractivity (Wildman–Crippen MR) is 69.7 cm³/mol. The highest BCUT2D eigenvalue weighted by Gasteiger charge is 2.14. The number of nitrogens with one attached hydrogen (secondary N) is 1. The number of carbonyl (C=O) groups is 1. The van der Waals surface area contributed by atoms with Gasteiger partial charge in [0, 0.05) is 5.69 Å². The Labute approximate surface area is 103 Å². The van der Waals surface area contributed by atoms with Crippen molar-refractivity contribution in [1.29, 1.82) is 0 Å².